The summed E-state index contributed by atoms with van der Waals surface area (Å²) < 4.78 is 2.00. The molecular formula is C20H31IN6. The molecule has 1 aliphatic rings. The minimum Gasteiger partial charge on any atom is -0.350 e. The van der Waals surface area contributed by atoms with Crippen LogP contribution in [0.5, 0.6) is 0 Å². The molecule has 1 atom stereocenters. The SMILES string of the molecule is Cc1nnc(CN=C(NC(C)c2ccccc2)N2CCC(C)(C)C2)n1C.I. The average molecular weight is 482 g/mol. The fourth-order valence-electron chi connectivity index (χ4n) is 3.28. The maximum absolute atomic E-state index is 4.89. The van der Waals surface area contributed by atoms with E-state index < -0.39 is 0 Å². The first-order chi connectivity index (χ1) is 12.4. The van der Waals surface area contributed by atoms with Crippen LogP contribution in [0.1, 0.15) is 50.4 Å². The van der Waals surface area contributed by atoms with E-state index in [4.69, 9.17) is 4.99 Å². The lowest BCUT2D eigenvalue weighted by Crippen LogP contribution is -2.42. The van der Waals surface area contributed by atoms with E-state index in [-0.39, 0.29) is 30.0 Å². The maximum Gasteiger partial charge on any atom is 0.194 e. The van der Waals surface area contributed by atoms with E-state index in [1.54, 1.807) is 0 Å². The van der Waals surface area contributed by atoms with E-state index in [1.165, 1.54) is 12.0 Å². The molecule has 0 spiro atoms. The monoisotopic (exact) mass is 482 g/mol. The van der Waals surface area contributed by atoms with E-state index in [1.807, 2.05) is 24.6 Å². The predicted molar refractivity (Wildman–Crippen MR) is 120 cm³/mol. The van der Waals surface area contributed by atoms with Crippen molar-refractivity contribution in [2.75, 3.05) is 13.1 Å². The first-order valence-corrected chi connectivity index (χ1v) is 9.31. The van der Waals surface area contributed by atoms with Crippen LogP contribution in [-0.4, -0.2) is 38.7 Å². The van der Waals surface area contributed by atoms with Crippen molar-refractivity contribution in [2.45, 2.75) is 46.7 Å². The van der Waals surface area contributed by atoms with Gasteiger partial charge in [0.05, 0.1) is 6.04 Å². The van der Waals surface area contributed by atoms with Gasteiger partial charge in [0.25, 0.3) is 0 Å². The lowest BCUT2D eigenvalue weighted by Gasteiger charge is -2.27. The molecule has 1 aliphatic heterocycles. The second-order valence-corrected chi connectivity index (χ2v) is 7.97. The normalized spacial score (nSPS) is 17.5. The third-order valence-corrected chi connectivity index (χ3v) is 5.18. The van der Waals surface area contributed by atoms with Crippen LogP contribution in [-0.2, 0) is 13.6 Å². The molecular weight excluding hydrogens is 451 g/mol. The number of rotatable bonds is 4. The number of aliphatic imine (C=N–C) groups is 1. The fourth-order valence-corrected chi connectivity index (χ4v) is 3.28. The molecule has 0 amide bonds. The average Bonchev–Trinajstić information content (AvgIpc) is 3.15. The van der Waals surface area contributed by atoms with Crippen molar-refractivity contribution >= 4 is 29.9 Å². The van der Waals surface area contributed by atoms with Crippen molar-refractivity contribution in [1.29, 1.82) is 0 Å². The number of aryl methyl sites for hydroxylation is 1. The molecule has 27 heavy (non-hydrogen) atoms. The highest BCUT2D eigenvalue weighted by Crippen LogP contribution is 2.29. The van der Waals surface area contributed by atoms with Crippen LogP contribution in [0.25, 0.3) is 0 Å². The quantitative estimate of drug-likeness (QED) is 0.411. The summed E-state index contributed by atoms with van der Waals surface area (Å²) in [5.74, 6) is 2.74. The number of nitrogens with zero attached hydrogens (tertiary/aromatic N) is 5. The van der Waals surface area contributed by atoms with E-state index >= 15 is 0 Å². The number of likely N-dealkylation sites (tertiary alicyclic amines) is 1. The number of aromatic nitrogens is 3. The van der Waals surface area contributed by atoms with Gasteiger partial charge in [-0.3, -0.25) is 0 Å². The Labute approximate surface area is 179 Å². The number of hydrogen-bond acceptors (Lipinski definition) is 3. The summed E-state index contributed by atoms with van der Waals surface area (Å²) >= 11 is 0. The zero-order chi connectivity index (χ0) is 18.7. The molecule has 2 heterocycles. The minimum absolute atomic E-state index is 0. The largest absolute Gasteiger partial charge is 0.350 e. The van der Waals surface area contributed by atoms with Gasteiger partial charge in [0.1, 0.15) is 12.4 Å². The number of guanidine groups is 1. The van der Waals surface area contributed by atoms with E-state index in [2.05, 4.69) is 65.5 Å². The van der Waals surface area contributed by atoms with Gasteiger partial charge in [0.15, 0.2) is 11.8 Å². The third kappa shape index (κ3) is 5.43. The molecule has 3 rings (SSSR count). The van der Waals surface area contributed by atoms with Crippen LogP contribution in [0.15, 0.2) is 35.3 Å². The Kier molecular flexibility index (Phi) is 7.25. The Balaban J connectivity index is 0.00000261. The number of benzene rings is 1. The number of nitrogens with one attached hydrogen (secondary N) is 1. The van der Waals surface area contributed by atoms with Crippen LogP contribution in [0.2, 0.25) is 0 Å². The standard InChI is InChI=1S/C20H30N6.HI/c1-15(17-9-7-6-8-10-17)22-19(26-12-11-20(3,4)14-26)21-13-18-24-23-16(2)25(18)5;/h6-10,15H,11-14H2,1-5H3,(H,21,22);1H. The second kappa shape index (κ2) is 9.03. The molecule has 0 bridgehead atoms. The molecule has 0 radical (unpaired) electrons. The summed E-state index contributed by atoms with van der Waals surface area (Å²) in [7, 11) is 1.98. The van der Waals surface area contributed by atoms with Crippen molar-refractivity contribution in [3.8, 4) is 0 Å². The zero-order valence-electron chi connectivity index (χ0n) is 16.9. The van der Waals surface area contributed by atoms with Crippen LogP contribution < -0.4 is 5.32 Å². The minimum atomic E-state index is 0. The molecule has 7 heteroatoms. The van der Waals surface area contributed by atoms with Gasteiger partial charge in [0.2, 0.25) is 0 Å². The smallest absolute Gasteiger partial charge is 0.194 e. The zero-order valence-corrected chi connectivity index (χ0v) is 19.3. The third-order valence-electron chi connectivity index (χ3n) is 5.18. The van der Waals surface area contributed by atoms with Crippen molar-refractivity contribution in [2.24, 2.45) is 17.5 Å². The van der Waals surface area contributed by atoms with Crippen LogP contribution in [0.4, 0.5) is 0 Å². The van der Waals surface area contributed by atoms with E-state index in [9.17, 15) is 0 Å². The molecule has 0 saturated carbocycles. The fraction of sp³-hybridized carbons (Fsp3) is 0.550. The molecule has 1 saturated heterocycles. The highest BCUT2D eigenvalue weighted by molar-refractivity contribution is 14.0. The Hall–Kier alpha value is -1.64. The molecule has 1 N–H and O–H groups in total. The topological polar surface area (TPSA) is 58.3 Å². The molecule has 6 nitrogen and oxygen atoms in total. The number of hydrogen-bond donors (Lipinski definition) is 1. The first kappa shape index (κ1) is 21.7. The summed E-state index contributed by atoms with van der Waals surface area (Å²) in [6, 6.07) is 10.7. The van der Waals surface area contributed by atoms with Crippen LogP contribution in [0.3, 0.4) is 0 Å². The van der Waals surface area contributed by atoms with Crippen molar-refractivity contribution in [3.05, 3.63) is 47.5 Å². The Morgan fingerprint density at radius 2 is 1.96 bits per heavy atom. The van der Waals surface area contributed by atoms with Crippen molar-refractivity contribution in [3.63, 3.8) is 0 Å². The second-order valence-electron chi connectivity index (χ2n) is 7.97. The Morgan fingerprint density at radius 1 is 1.26 bits per heavy atom. The Bertz CT molecular complexity index is 768. The Morgan fingerprint density at radius 3 is 2.52 bits per heavy atom. The molecule has 2 aromatic rings. The molecule has 1 aromatic heterocycles. The highest BCUT2D eigenvalue weighted by atomic mass is 127. The maximum atomic E-state index is 4.89. The molecule has 1 unspecified atom stereocenters. The molecule has 148 valence electrons. The van der Waals surface area contributed by atoms with Crippen molar-refractivity contribution in [1.82, 2.24) is 25.0 Å². The van der Waals surface area contributed by atoms with E-state index in [0.717, 1.165) is 30.7 Å². The van der Waals surface area contributed by atoms with Crippen LogP contribution in [0, 0.1) is 12.3 Å². The molecule has 0 aliphatic carbocycles. The van der Waals surface area contributed by atoms with Gasteiger partial charge in [-0.15, -0.1) is 34.2 Å². The van der Waals surface area contributed by atoms with Gasteiger partial charge in [-0.25, -0.2) is 4.99 Å². The summed E-state index contributed by atoms with van der Waals surface area (Å²) in [6.45, 7) is 11.3. The van der Waals surface area contributed by atoms with Crippen LogP contribution >= 0.6 is 24.0 Å². The van der Waals surface area contributed by atoms with Gasteiger partial charge < -0.3 is 14.8 Å². The summed E-state index contributed by atoms with van der Waals surface area (Å²) in [5.41, 5.74) is 1.58. The van der Waals surface area contributed by atoms with Gasteiger partial charge in [-0.05, 0) is 31.2 Å². The number of halogens is 1. The van der Waals surface area contributed by atoms with Gasteiger partial charge in [-0.1, -0.05) is 44.2 Å². The molecule has 1 aromatic carbocycles. The summed E-state index contributed by atoms with van der Waals surface area (Å²) in [4.78, 5) is 7.25. The van der Waals surface area contributed by atoms with Crippen molar-refractivity contribution < 1.29 is 0 Å². The van der Waals surface area contributed by atoms with Gasteiger partial charge in [0, 0.05) is 20.1 Å². The predicted octanol–water partition coefficient (Wildman–Crippen LogP) is 3.68. The lowest BCUT2D eigenvalue weighted by molar-refractivity contribution is 0.367. The first-order valence-electron chi connectivity index (χ1n) is 9.31. The van der Waals surface area contributed by atoms with E-state index in [0.29, 0.717) is 12.0 Å². The summed E-state index contributed by atoms with van der Waals surface area (Å²) in [5, 5.41) is 12.0. The summed E-state index contributed by atoms with van der Waals surface area (Å²) in [6.07, 6.45) is 1.18. The molecule has 1 fully saturated rings. The highest BCUT2D eigenvalue weighted by Gasteiger charge is 2.31. The van der Waals surface area contributed by atoms with Gasteiger partial charge >= 0.3 is 0 Å². The lowest BCUT2D eigenvalue weighted by atomic mass is 9.93. The van der Waals surface area contributed by atoms with Gasteiger partial charge in [-0.2, -0.15) is 0 Å².